The minimum absolute atomic E-state index is 0.0535. The minimum atomic E-state index is -0.472. The molecule has 0 aromatic heterocycles. The van der Waals surface area contributed by atoms with Gasteiger partial charge in [0.25, 0.3) is 0 Å². The van der Waals surface area contributed by atoms with E-state index < -0.39 is 5.25 Å². The number of carbonyl (C=O) groups is 1. The van der Waals surface area contributed by atoms with Gasteiger partial charge >= 0.3 is 0 Å². The highest BCUT2D eigenvalue weighted by Gasteiger charge is 2.34. The third kappa shape index (κ3) is 2.34. The summed E-state index contributed by atoms with van der Waals surface area (Å²) in [6, 6.07) is 12.7. The van der Waals surface area contributed by atoms with E-state index in [9.17, 15) is 9.90 Å². The van der Waals surface area contributed by atoms with Gasteiger partial charge in [-0.25, -0.2) is 0 Å². The van der Waals surface area contributed by atoms with Crippen LogP contribution in [0, 0.1) is 0 Å². The Morgan fingerprint density at radius 3 is 2.76 bits per heavy atom. The van der Waals surface area contributed by atoms with E-state index in [2.05, 4.69) is 0 Å². The first kappa shape index (κ1) is 13.8. The maximum atomic E-state index is 12.6. The van der Waals surface area contributed by atoms with Crippen LogP contribution in [0.25, 0.3) is 0 Å². The van der Waals surface area contributed by atoms with Gasteiger partial charge in [-0.1, -0.05) is 12.1 Å². The van der Waals surface area contributed by atoms with Crippen LogP contribution in [0.2, 0.25) is 0 Å². The molecule has 0 bridgehead atoms. The van der Waals surface area contributed by atoms with E-state index in [4.69, 9.17) is 4.74 Å². The molecular formula is C16H15NO3S. The van der Waals surface area contributed by atoms with E-state index in [0.717, 1.165) is 10.6 Å². The van der Waals surface area contributed by atoms with Gasteiger partial charge in [-0.15, -0.1) is 11.8 Å². The molecule has 0 saturated carbocycles. The van der Waals surface area contributed by atoms with Crippen molar-refractivity contribution in [3.63, 3.8) is 0 Å². The van der Waals surface area contributed by atoms with Gasteiger partial charge in [0.1, 0.15) is 16.7 Å². The zero-order valence-electron chi connectivity index (χ0n) is 11.7. The summed E-state index contributed by atoms with van der Waals surface area (Å²) in [5.74, 6) is 0.675. The van der Waals surface area contributed by atoms with E-state index in [1.165, 1.54) is 11.8 Å². The third-order valence-electron chi connectivity index (χ3n) is 3.54. The van der Waals surface area contributed by atoms with Gasteiger partial charge in [0.15, 0.2) is 0 Å². The van der Waals surface area contributed by atoms with Crippen LogP contribution < -0.4 is 9.64 Å². The maximum Gasteiger partial charge on any atom is 0.244 e. The number of aromatic hydroxyl groups is 1. The Kier molecular flexibility index (Phi) is 3.51. The van der Waals surface area contributed by atoms with Crippen molar-refractivity contribution in [2.75, 3.05) is 19.1 Å². The number of anilines is 1. The van der Waals surface area contributed by atoms with Gasteiger partial charge in [-0.2, -0.15) is 0 Å². The summed E-state index contributed by atoms with van der Waals surface area (Å²) < 4.78 is 5.19. The Morgan fingerprint density at radius 1 is 1.24 bits per heavy atom. The number of hydrogen-bond acceptors (Lipinski definition) is 4. The zero-order valence-corrected chi connectivity index (χ0v) is 12.6. The highest BCUT2D eigenvalue weighted by atomic mass is 32.2. The second-order valence-electron chi connectivity index (χ2n) is 4.79. The summed E-state index contributed by atoms with van der Waals surface area (Å²) in [5.41, 5.74) is 1.47. The molecule has 1 atom stereocenters. The number of hydrogen-bond donors (Lipinski definition) is 1. The van der Waals surface area contributed by atoms with Crippen molar-refractivity contribution in [3.8, 4) is 11.5 Å². The van der Waals surface area contributed by atoms with Crippen molar-refractivity contribution in [2.24, 2.45) is 0 Å². The number of thioether (sulfide) groups is 1. The number of nitrogens with zero attached hydrogens (tertiary/aromatic N) is 1. The quantitative estimate of drug-likeness (QED) is 0.925. The highest BCUT2D eigenvalue weighted by molar-refractivity contribution is 8.00. The molecule has 21 heavy (non-hydrogen) atoms. The van der Waals surface area contributed by atoms with E-state index in [1.807, 2.05) is 24.3 Å². The SMILES string of the molecule is COc1ccc(O)c(C2Sc3ccccc3N(C)C2=O)c1. The van der Waals surface area contributed by atoms with Crippen LogP contribution in [0.3, 0.4) is 0 Å². The molecule has 0 radical (unpaired) electrons. The lowest BCUT2D eigenvalue weighted by atomic mass is 10.1. The van der Waals surface area contributed by atoms with E-state index >= 15 is 0 Å². The first-order valence-corrected chi connectivity index (χ1v) is 7.40. The zero-order chi connectivity index (χ0) is 15.0. The van der Waals surface area contributed by atoms with Gasteiger partial charge < -0.3 is 14.7 Å². The molecule has 3 rings (SSSR count). The number of fused-ring (bicyclic) bond motifs is 1. The normalized spacial score (nSPS) is 17.5. The molecule has 2 aromatic rings. The summed E-state index contributed by atoms with van der Waals surface area (Å²) in [6.07, 6.45) is 0. The van der Waals surface area contributed by atoms with Crippen molar-refractivity contribution >= 4 is 23.4 Å². The molecule has 4 nitrogen and oxygen atoms in total. The molecule has 0 spiro atoms. The van der Waals surface area contributed by atoms with Crippen LogP contribution in [0.1, 0.15) is 10.8 Å². The molecule has 5 heteroatoms. The fourth-order valence-electron chi connectivity index (χ4n) is 2.37. The number of ether oxygens (including phenoxy) is 1. The molecule has 1 unspecified atom stereocenters. The van der Waals surface area contributed by atoms with Gasteiger partial charge in [0.2, 0.25) is 5.91 Å². The summed E-state index contributed by atoms with van der Waals surface area (Å²) >= 11 is 1.45. The number of amides is 1. The van der Waals surface area contributed by atoms with Crippen LogP contribution in [0.5, 0.6) is 11.5 Å². The van der Waals surface area contributed by atoms with Crippen molar-refractivity contribution in [2.45, 2.75) is 10.1 Å². The van der Waals surface area contributed by atoms with Crippen LogP contribution in [0.4, 0.5) is 5.69 Å². The Labute approximate surface area is 127 Å². The molecule has 1 aliphatic rings. The van der Waals surface area contributed by atoms with Crippen molar-refractivity contribution in [3.05, 3.63) is 48.0 Å². The lowest BCUT2D eigenvalue weighted by Crippen LogP contribution is -2.33. The number of likely N-dealkylation sites (N-methyl/N-ethyl adjacent to an activating group) is 1. The van der Waals surface area contributed by atoms with E-state index in [0.29, 0.717) is 11.3 Å². The number of rotatable bonds is 2. The van der Waals surface area contributed by atoms with Crippen molar-refractivity contribution in [1.29, 1.82) is 0 Å². The lowest BCUT2D eigenvalue weighted by molar-refractivity contribution is -0.118. The van der Waals surface area contributed by atoms with Crippen LogP contribution in [0.15, 0.2) is 47.4 Å². The Bertz CT molecular complexity index is 702. The van der Waals surface area contributed by atoms with E-state index in [-0.39, 0.29) is 11.7 Å². The first-order chi connectivity index (χ1) is 10.1. The number of phenols is 1. The van der Waals surface area contributed by atoms with Gasteiger partial charge in [0.05, 0.1) is 12.8 Å². The molecule has 2 aromatic carbocycles. The summed E-state index contributed by atoms with van der Waals surface area (Å²) in [6.45, 7) is 0. The molecule has 108 valence electrons. The fraction of sp³-hybridized carbons (Fsp3) is 0.188. The minimum Gasteiger partial charge on any atom is -0.508 e. The van der Waals surface area contributed by atoms with Gasteiger partial charge in [-0.3, -0.25) is 4.79 Å². The van der Waals surface area contributed by atoms with Gasteiger partial charge in [-0.05, 0) is 30.3 Å². The fourth-order valence-corrected chi connectivity index (χ4v) is 3.68. The molecule has 1 amide bonds. The van der Waals surface area contributed by atoms with Crippen molar-refractivity contribution in [1.82, 2.24) is 0 Å². The predicted molar refractivity (Wildman–Crippen MR) is 83.1 cm³/mol. The average Bonchev–Trinajstić information content (AvgIpc) is 2.52. The smallest absolute Gasteiger partial charge is 0.244 e. The summed E-state index contributed by atoms with van der Waals surface area (Å²) in [5, 5.41) is 9.62. The highest BCUT2D eigenvalue weighted by Crippen LogP contribution is 2.48. The van der Waals surface area contributed by atoms with Crippen LogP contribution >= 0.6 is 11.8 Å². The largest absolute Gasteiger partial charge is 0.508 e. The molecule has 0 aliphatic carbocycles. The molecule has 1 aliphatic heterocycles. The number of carbonyl (C=O) groups excluding carboxylic acids is 1. The number of phenolic OH excluding ortho intramolecular Hbond substituents is 1. The van der Waals surface area contributed by atoms with Crippen LogP contribution in [-0.4, -0.2) is 25.2 Å². The lowest BCUT2D eigenvalue weighted by Gasteiger charge is -2.31. The first-order valence-electron chi connectivity index (χ1n) is 6.52. The summed E-state index contributed by atoms with van der Waals surface area (Å²) in [4.78, 5) is 15.2. The monoisotopic (exact) mass is 301 g/mol. The van der Waals surface area contributed by atoms with Crippen LogP contribution in [-0.2, 0) is 4.79 Å². The Hall–Kier alpha value is -2.14. The number of methoxy groups -OCH3 is 1. The van der Waals surface area contributed by atoms with Crippen molar-refractivity contribution < 1.29 is 14.6 Å². The maximum absolute atomic E-state index is 12.6. The van der Waals surface area contributed by atoms with Gasteiger partial charge in [0, 0.05) is 17.5 Å². The predicted octanol–water partition coefficient (Wildman–Crippen LogP) is 3.21. The molecule has 0 fully saturated rings. The molecule has 0 saturated heterocycles. The second-order valence-corrected chi connectivity index (χ2v) is 5.93. The molecule has 1 heterocycles. The Balaban J connectivity index is 2.06. The number of para-hydroxylation sites is 1. The standard InChI is InChI=1S/C16H15NO3S/c1-17-12-5-3-4-6-14(12)21-15(16(17)19)11-9-10(20-2)7-8-13(11)18/h3-9,15,18H,1-2H3. The molecule has 1 N–H and O–H groups in total. The Morgan fingerprint density at radius 2 is 2.00 bits per heavy atom. The average molecular weight is 301 g/mol. The topological polar surface area (TPSA) is 49.8 Å². The van der Waals surface area contributed by atoms with E-state index in [1.54, 1.807) is 37.3 Å². The third-order valence-corrected chi connectivity index (χ3v) is 4.83. The summed E-state index contributed by atoms with van der Waals surface area (Å²) in [7, 11) is 3.32. The second kappa shape index (κ2) is 5.33. The molecular weight excluding hydrogens is 286 g/mol. The number of benzene rings is 2.